The fraction of sp³-hybridized carbons (Fsp3) is 0.267. The molecule has 0 spiro atoms. The molecule has 3 nitrogen and oxygen atoms in total. The van der Waals surface area contributed by atoms with E-state index in [4.69, 9.17) is 5.73 Å². The quantitative estimate of drug-likeness (QED) is 0.895. The lowest BCUT2D eigenvalue weighted by Crippen LogP contribution is -2.19. The molecule has 94 valence electrons. The Hall–Kier alpha value is -2.03. The molecule has 0 atom stereocenters. The Labute approximate surface area is 108 Å². The third-order valence-electron chi connectivity index (χ3n) is 2.96. The fourth-order valence-electron chi connectivity index (χ4n) is 1.95. The lowest BCUT2D eigenvalue weighted by molar-refractivity contribution is 0.981. The number of pyridine rings is 1. The predicted octanol–water partition coefficient (Wildman–Crippen LogP) is 3.44. The molecular weight excluding hydrogens is 222 g/mol. The van der Waals surface area contributed by atoms with E-state index in [1.54, 1.807) is 0 Å². The minimum absolute atomic E-state index is 0.711. The minimum atomic E-state index is 0.711. The average Bonchev–Trinajstić information content (AvgIpc) is 2.37. The Balaban J connectivity index is 2.44. The number of nitrogens with two attached hydrogens (primary N) is 1. The van der Waals surface area contributed by atoms with Gasteiger partial charge in [0.15, 0.2) is 5.82 Å². The topological polar surface area (TPSA) is 42.2 Å². The van der Waals surface area contributed by atoms with E-state index >= 15 is 0 Å². The summed E-state index contributed by atoms with van der Waals surface area (Å²) in [7, 11) is 0. The van der Waals surface area contributed by atoms with Crippen LogP contribution in [0.15, 0.2) is 36.4 Å². The molecule has 0 amide bonds. The van der Waals surface area contributed by atoms with Crippen LogP contribution in [0, 0.1) is 13.8 Å². The van der Waals surface area contributed by atoms with Gasteiger partial charge in [-0.2, -0.15) is 0 Å². The fourth-order valence-corrected chi connectivity index (χ4v) is 1.95. The van der Waals surface area contributed by atoms with Crippen LogP contribution < -0.4 is 10.6 Å². The molecule has 3 heteroatoms. The lowest BCUT2D eigenvalue weighted by atomic mass is 10.2. The van der Waals surface area contributed by atoms with Gasteiger partial charge in [-0.3, -0.25) is 0 Å². The van der Waals surface area contributed by atoms with Crippen LogP contribution in [-0.2, 0) is 0 Å². The number of aromatic nitrogens is 1. The van der Waals surface area contributed by atoms with Crippen LogP contribution in [0.2, 0.25) is 0 Å². The van der Waals surface area contributed by atoms with Gasteiger partial charge in [-0.1, -0.05) is 17.7 Å². The zero-order valence-electron chi connectivity index (χ0n) is 11.1. The molecule has 1 heterocycles. The van der Waals surface area contributed by atoms with E-state index in [0.29, 0.717) is 5.69 Å². The molecule has 0 aliphatic heterocycles. The Kier molecular flexibility index (Phi) is 3.51. The summed E-state index contributed by atoms with van der Waals surface area (Å²) in [6.07, 6.45) is 0. The molecule has 2 aromatic rings. The summed E-state index contributed by atoms with van der Waals surface area (Å²) < 4.78 is 0. The molecule has 0 unspecified atom stereocenters. The summed E-state index contributed by atoms with van der Waals surface area (Å²) in [5, 5.41) is 0. The van der Waals surface area contributed by atoms with Gasteiger partial charge in [0.2, 0.25) is 0 Å². The van der Waals surface area contributed by atoms with Gasteiger partial charge in [0, 0.05) is 17.9 Å². The Bertz CT molecular complexity index is 532. The number of hydrogen-bond donors (Lipinski definition) is 1. The first kappa shape index (κ1) is 12.4. The van der Waals surface area contributed by atoms with Crippen LogP contribution in [0.4, 0.5) is 17.2 Å². The maximum Gasteiger partial charge on any atom is 0.156 e. The number of hydrogen-bond acceptors (Lipinski definition) is 3. The van der Waals surface area contributed by atoms with E-state index in [2.05, 4.69) is 48.0 Å². The highest BCUT2D eigenvalue weighted by molar-refractivity contribution is 5.71. The van der Waals surface area contributed by atoms with Gasteiger partial charge >= 0.3 is 0 Å². The Morgan fingerprint density at radius 3 is 2.33 bits per heavy atom. The summed E-state index contributed by atoms with van der Waals surface area (Å²) in [4.78, 5) is 6.67. The highest BCUT2D eigenvalue weighted by Gasteiger charge is 2.11. The van der Waals surface area contributed by atoms with Gasteiger partial charge in [-0.25, -0.2) is 4.98 Å². The van der Waals surface area contributed by atoms with Crippen LogP contribution in [-0.4, -0.2) is 11.5 Å². The monoisotopic (exact) mass is 241 g/mol. The van der Waals surface area contributed by atoms with Crippen LogP contribution in [0.1, 0.15) is 18.2 Å². The second-order valence-corrected chi connectivity index (χ2v) is 4.45. The van der Waals surface area contributed by atoms with E-state index in [1.165, 1.54) is 5.56 Å². The smallest absolute Gasteiger partial charge is 0.156 e. The van der Waals surface area contributed by atoms with Crippen molar-refractivity contribution in [2.24, 2.45) is 0 Å². The summed E-state index contributed by atoms with van der Waals surface area (Å²) in [6.45, 7) is 7.00. The molecular formula is C15H19N3. The molecule has 0 aliphatic carbocycles. The summed E-state index contributed by atoms with van der Waals surface area (Å²) in [6, 6.07) is 12.2. The summed E-state index contributed by atoms with van der Waals surface area (Å²) >= 11 is 0. The van der Waals surface area contributed by atoms with Crippen molar-refractivity contribution < 1.29 is 0 Å². The van der Waals surface area contributed by atoms with Crippen LogP contribution in [0.5, 0.6) is 0 Å². The lowest BCUT2D eigenvalue weighted by Gasteiger charge is -2.24. The third kappa shape index (κ3) is 2.45. The molecule has 0 aliphatic rings. The number of aryl methyl sites for hydroxylation is 2. The molecule has 18 heavy (non-hydrogen) atoms. The van der Waals surface area contributed by atoms with Gasteiger partial charge in [0.25, 0.3) is 0 Å². The first-order valence-electron chi connectivity index (χ1n) is 6.19. The summed E-state index contributed by atoms with van der Waals surface area (Å²) in [5.74, 6) is 0.835. The number of benzene rings is 1. The second-order valence-electron chi connectivity index (χ2n) is 4.45. The van der Waals surface area contributed by atoms with E-state index in [1.807, 2.05) is 19.1 Å². The number of nitrogens with zero attached hydrogens (tertiary/aromatic N) is 2. The first-order chi connectivity index (χ1) is 8.61. The van der Waals surface area contributed by atoms with E-state index < -0.39 is 0 Å². The highest BCUT2D eigenvalue weighted by atomic mass is 15.2. The molecule has 2 N–H and O–H groups in total. The van der Waals surface area contributed by atoms with E-state index in [9.17, 15) is 0 Å². The summed E-state index contributed by atoms with van der Waals surface area (Å²) in [5.41, 5.74) is 10.1. The van der Waals surface area contributed by atoms with E-state index in [0.717, 1.165) is 23.7 Å². The Morgan fingerprint density at radius 2 is 1.72 bits per heavy atom. The number of rotatable bonds is 3. The zero-order chi connectivity index (χ0) is 13.1. The maximum atomic E-state index is 6.03. The zero-order valence-corrected chi connectivity index (χ0v) is 11.1. The van der Waals surface area contributed by atoms with Gasteiger partial charge in [-0.05, 0) is 45.0 Å². The van der Waals surface area contributed by atoms with Crippen molar-refractivity contribution in [2.75, 3.05) is 17.2 Å². The Morgan fingerprint density at radius 1 is 1.06 bits per heavy atom. The van der Waals surface area contributed by atoms with Crippen LogP contribution >= 0.6 is 0 Å². The van der Waals surface area contributed by atoms with Crippen molar-refractivity contribution in [1.82, 2.24) is 4.98 Å². The molecule has 0 fully saturated rings. The molecule has 0 saturated heterocycles. The van der Waals surface area contributed by atoms with Gasteiger partial charge in [0.05, 0.1) is 5.69 Å². The van der Waals surface area contributed by atoms with Crippen LogP contribution in [0.25, 0.3) is 0 Å². The van der Waals surface area contributed by atoms with E-state index in [-0.39, 0.29) is 0 Å². The van der Waals surface area contributed by atoms with Crippen molar-refractivity contribution in [1.29, 1.82) is 0 Å². The van der Waals surface area contributed by atoms with Gasteiger partial charge < -0.3 is 10.6 Å². The normalized spacial score (nSPS) is 10.4. The van der Waals surface area contributed by atoms with Gasteiger partial charge in [-0.15, -0.1) is 0 Å². The van der Waals surface area contributed by atoms with Crippen LogP contribution in [0.3, 0.4) is 0 Å². The molecule has 0 radical (unpaired) electrons. The molecule has 1 aromatic carbocycles. The van der Waals surface area contributed by atoms with Crippen molar-refractivity contribution in [3.05, 3.63) is 47.7 Å². The third-order valence-corrected chi connectivity index (χ3v) is 2.96. The highest BCUT2D eigenvalue weighted by Crippen LogP contribution is 2.28. The number of nitrogen functional groups attached to an aromatic ring is 1. The number of anilines is 3. The van der Waals surface area contributed by atoms with Crippen molar-refractivity contribution >= 4 is 17.2 Å². The average molecular weight is 241 g/mol. The molecule has 0 saturated carbocycles. The first-order valence-corrected chi connectivity index (χ1v) is 6.19. The van der Waals surface area contributed by atoms with Crippen molar-refractivity contribution in [2.45, 2.75) is 20.8 Å². The molecule has 2 rings (SSSR count). The standard InChI is InChI=1S/C15H19N3/c1-4-18(13-8-5-11(2)6-9-13)15-14(16)10-7-12(3)17-15/h5-10H,4,16H2,1-3H3. The minimum Gasteiger partial charge on any atom is -0.396 e. The maximum absolute atomic E-state index is 6.03. The largest absolute Gasteiger partial charge is 0.396 e. The second kappa shape index (κ2) is 5.08. The van der Waals surface area contributed by atoms with Gasteiger partial charge in [0.1, 0.15) is 0 Å². The molecule has 1 aromatic heterocycles. The predicted molar refractivity (Wildman–Crippen MR) is 77.2 cm³/mol. The van der Waals surface area contributed by atoms with Crippen molar-refractivity contribution in [3.63, 3.8) is 0 Å². The van der Waals surface area contributed by atoms with Crippen molar-refractivity contribution in [3.8, 4) is 0 Å². The SMILES string of the molecule is CCN(c1ccc(C)cc1)c1nc(C)ccc1N. The molecule has 0 bridgehead atoms.